The number of aromatic nitrogens is 2. The van der Waals surface area contributed by atoms with Crippen LogP contribution >= 0.6 is 0 Å². The van der Waals surface area contributed by atoms with Gasteiger partial charge >= 0.3 is 0 Å². The van der Waals surface area contributed by atoms with Gasteiger partial charge in [0.2, 0.25) is 0 Å². The van der Waals surface area contributed by atoms with Crippen molar-refractivity contribution in [2.75, 3.05) is 5.32 Å². The lowest BCUT2D eigenvalue weighted by Gasteiger charge is -2.23. The molecule has 1 aromatic heterocycles. The molecule has 1 aliphatic rings. The van der Waals surface area contributed by atoms with Gasteiger partial charge in [-0.1, -0.05) is 42.5 Å². The van der Waals surface area contributed by atoms with Gasteiger partial charge in [0.05, 0.1) is 22.7 Å². The van der Waals surface area contributed by atoms with Crippen LogP contribution in [-0.4, -0.2) is 25.7 Å². The van der Waals surface area contributed by atoms with Gasteiger partial charge in [-0.25, -0.2) is 4.68 Å². The smallest absolute Gasteiger partial charge is 0.256 e. The minimum absolute atomic E-state index is 0.0892. The van der Waals surface area contributed by atoms with Crippen LogP contribution in [0.15, 0.2) is 54.6 Å². The molecular weight excluding hydrogens is 398 g/mol. The molecule has 2 heterocycles. The summed E-state index contributed by atoms with van der Waals surface area (Å²) in [5.41, 5.74) is 2.85. The molecule has 3 aromatic rings. The Bertz CT molecular complexity index is 1140. The quantitative estimate of drug-likeness (QED) is 0.648. The van der Waals surface area contributed by atoms with E-state index >= 15 is 0 Å². The zero-order valence-corrected chi connectivity index (χ0v) is 18.0. The molecule has 0 unspecified atom stereocenters. The molecule has 0 spiro atoms. The molecule has 4 rings (SSSR count). The molecule has 1 atom stereocenters. The third kappa shape index (κ3) is 3.85. The van der Waals surface area contributed by atoms with Crippen LogP contribution in [0.1, 0.15) is 58.3 Å². The maximum absolute atomic E-state index is 12.9. The van der Waals surface area contributed by atoms with Crippen LogP contribution in [0.3, 0.4) is 0 Å². The first-order chi connectivity index (χ1) is 14.2. The van der Waals surface area contributed by atoms with Crippen molar-refractivity contribution < 1.29 is 13.8 Å². The first-order valence-corrected chi connectivity index (χ1v) is 11.2. The number of anilines is 1. The maximum atomic E-state index is 12.9. The Hall–Kier alpha value is -3.06. The standard InChI is InChI=1S/C23H23N3O3S/c1-23(2,3)26-21(18-13-30(29)14-19(18)25-26)24-22(28)17-11-9-16(10-12-17)20(27)15-7-5-4-6-8-15/h4-12H,13-14H2,1-3H3,(H,24,28)/t30-/m0/s1. The Labute approximate surface area is 177 Å². The van der Waals surface area contributed by atoms with E-state index in [-0.39, 0.29) is 17.2 Å². The van der Waals surface area contributed by atoms with Crippen LogP contribution in [0.2, 0.25) is 0 Å². The summed E-state index contributed by atoms with van der Waals surface area (Å²) in [7, 11) is -0.984. The number of carbonyl (C=O) groups excluding carboxylic acids is 2. The van der Waals surface area contributed by atoms with Crippen LogP contribution < -0.4 is 5.32 Å². The van der Waals surface area contributed by atoms with Gasteiger partial charge in [-0.15, -0.1) is 0 Å². The fourth-order valence-electron chi connectivity index (χ4n) is 3.45. The van der Waals surface area contributed by atoms with Gasteiger partial charge in [0.25, 0.3) is 5.91 Å². The second kappa shape index (κ2) is 7.65. The molecule has 0 aliphatic carbocycles. The Morgan fingerprint density at radius 2 is 1.53 bits per heavy atom. The topological polar surface area (TPSA) is 81.1 Å². The summed E-state index contributed by atoms with van der Waals surface area (Å²) in [5.74, 6) is 1.02. The molecule has 0 saturated heterocycles. The maximum Gasteiger partial charge on any atom is 0.256 e. The van der Waals surface area contributed by atoms with Gasteiger partial charge in [-0.2, -0.15) is 5.10 Å². The summed E-state index contributed by atoms with van der Waals surface area (Å²) in [6, 6.07) is 15.6. The SMILES string of the molecule is CC(C)(C)n1nc2c(c1NC(=O)c1ccc(C(=O)c3ccccc3)cc1)C[S@](=O)C2. The second-order valence-corrected chi connectivity index (χ2v) is 9.77. The van der Waals surface area contributed by atoms with Gasteiger partial charge in [0.1, 0.15) is 5.82 Å². The first kappa shape index (κ1) is 20.2. The zero-order valence-electron chi connectivity index (χ0n) is 17.1. The number of rotatable bonds is 4. The molecule has 0 saturated carbocycles. The van der Waals surface area contributed by atoms with Crippen LogP contribution in [0.25, 0.3) is 0 Å². The number of hydrogen-bond acceptors (Lipinski definition) is 4. The minimum Gasteiger partial charge on any atom is -0.306 e. The second-order valence-electron chi connectivity index (χ2n) is 8.31. The average Bonchev–Trinajstić information content (AvgIpc) is 3.25. The molecule has 1 N–H and O–H groups in total. The molecule has 154 valence electrons. The number of hydrogen-bond donors (Lipinski definition) is 1. The van der Waals surface area contributed by atoms with Gasteiger partial charge in [0, 0.05) is 33.1 Å². The molecule has 1 aliphatic heterocycles. The Morgan fingerprint density at radius 1 is 0.933 bits per heavy atom. The van der Waals surface area contributed by atoms with Crippen molar-refractivity contribution in [1.82, 2.24) is 9.78 Å². The molecular formula is C23H23N3O3S. The third-order valence-corrected chi connectivity index (χ3v) is 6.19. The van der Waals surface area contributed by atoms with Crippen molar-refractivity contribution in [3.05, 3.63) is 82.5 Å². The third-order valence-electron chi connectivity index (χ3n) is 4.98. The summed E-state index contributed by atoms with van der Waals surface area (Å²) in [6.45, 7) is 6.02. The molecule has 0 fully saturated rings. The normalized spacial score (nSPS) is 15.6. The van der Waals surface area contributed by atoms with Gasteiger partial charge in [-0.3, -0.25) is 13.8 Å². The van der Waals surface area contributed by atoms with Crippen molar-refractivity contribution in [3.8, 4) is 0 Å². The molecule has 7 heteroatoms. The van der Waals surface area contributed by atoms with Crippen LogP contribution in [0.5, 0.6) is 0 Å². The number of carbonyl (C=O) groups is 2. The zero-order chi connectivity index (χ0) is 21.5. The summed E-state index contributed by atoms with van der Waals surface area (Å²) in [5, 5.41) is 7.55. The van der Waals surface area contributed by atoms with E-state index in [0.29, 0.717) is 34.0 Å². The van der Waals surface area contributed by atoms with Gasteiger partial charge in [-0.05, 0) is 32.9 Å². The number of nitrogens with one attached hydrogen (secondary N) is 1. The number of benzene rings is 2. The van der Waals surface area contributed by atoms with Crippen molar-refractivity contribution in [2.45, 2.75) is 37.8 Å². The lowest BCUT2D eigenvalue weighted by atomic mass is 10.0. The van der Waals surface area contributed by atoms with E-state index in [0.717, 1.165) is 11.3 Å². The average molecular weight is 422 g/mol. The van der Waals surface area contributed by atoms with Crippen LogP contribution in [0.4, 0.5) is 5.82 Å². The predicted molar refractivity (Wildman–Crippen MR) is 117 cm³/mol. The van der Waals surface area contributed by atoms with Crippen molar-refractivity contribution >= 4 is 28.3 Å². The van der Waals surface area contributed by atoms with Crippen molar-refractivity contribution in [2.24, 2.45) is 0 Å². The van der Waals surface area contributed by atoms with Crippen molar-refractivity contribution in [1.29, 1.82) is 0 Å². The Kier molecular flexibility index (Phi) is 5.15. The van der Waals surface area contributed by atoms with Gasteiger partial charge < -0.3 is 5.32 Å². The highest BCUT2D eigenvalue weighted by molar-refractivity contribution is 7.83. The number of nitrogens with zero attached hydrogens (tertiary/aromatic N) is 2. The van der Waals surface area contributed by atoms with E-state index < -0.39 is 10.8 Å². The van der Waals surface area contributed by atoms with E-state index in [4.69, 9.17) is 0 Å². The van der Waals surface area contributed by atoms with Crippen LogP contribution in [-0.2, 0) is 27.8 Å². The lowest BCUT2D eigenvalue weighted by Crippen LogP contribution is -2.27. The monoisotopic (exact) mass is 421 g/mol. The molecule has 0 radical (unpaired) electrons. The summed E-state index contributed by atoms with van der Waals surface area (Å²) in [4.78, 5) is 25.5. The molecule has 0 bridgehead atoms. The van der Waals surface area contributed by atoms with E-state index in [1.165, 1.54) is 0 Å². The number of fused-ring (bicyclic) bond motifs is 1. The first-order valence-electron chi connectivity index (χ1n) is 9.71. The van der Waals surface area contributed by atoms with Crippen LogP contribution in [0, 0.1) is 0 Å². The minimum atomic E-state index is -0.984. The van der Waals surface area contributed by atoms with E-state index in [1.54, 1.807) is 41.1 Å². The Morgan fingerprint density at radius 3 is 2.17 bits per heavy atom. The van der Waals surface area contributed by atoms with E-state index in [2.05, 4.69) is 10.4 Å². The Balaban J connectivity index is 1.58. The lowest BCUT2D eigenvalue weighted by molar-refractivity contribution is 0.101. The van der Waals surface area contributed by atoms with Crippen molar-refractivity contribution in [3.63, 3.8) is 0 Å². The van der Waals surface area contributed by atoms with E-state index in [1.807, 2.05) is 39.0 Å². The fraction of sp³-hybridized carbons (Fsp3) is 0.261. The summed E-state index contributed by atoms with van der Waals surface area (Å²) < 4.78 is 13.8. The number of ketones is 1. The largest absolute Gasteiger partial charge is 0.306 e. The number of amides is 1. The highest BCUT2D eigenvalue weighted by Gasteiger charge is 2.31. The molecule has 6 nitrogen and oxygen atoms in total. The summed E-state index contributed by atoms with van der Waals surface area (Å²) >= 11 is 0. The summed E-state index contributed by atoms with van der Waals surface area (Å²) in [6.07, 6.45) is 0. The highest BCUT2D eigenvalue weighted by atomic mass is 32.2. The molecule has 30 heavy (non-hydrogen) atoms. The predicted octanol–water partition coefficient (Wildman–Crippen LogP) is 3.88. The highest BCUT2D eigenvalue weighted by Crippen LogP contribution is 2.33. The van der Waals surface area contributed by atoms with Gasteiger partial charge in [0.15, 0.2) is 5.78 Å². The van der Waals surface area contributed by atoms with E-state index in [9.17, 15) is 13.8 Å². The fourth-order valence-corrected chi connectivity index (χ4v) is 4.71. The molecule has 2 aromatic carbocycles. The molecule has 1 amide bonds.